The first-order valence-electron chi connectivity index (χ1n) is 9.80. The van der Waals surface area contributed by atoms with E-state index in [9.17, 15) is 19.5 Å². The van der Waals surface area contributed by atoms with Crippen LogP contribution in [0.2, 0.25) is 0 Å². The van der Waals surface area contributed by atoms with Crippen LogP contribution in [0.1, 0.15) is 57.1 Å². The second kappa shape index (κ2) is 8.55. The zero-order valence-electron chi connectivity index (χ0n) is 15.8. The number of likely N-dealkylation sites (tertiary alicyclic amines) is 1. The van der Waals surface area contributed by atoms with Gasteiger partial charge in [-0.25, -0.2) is 0 Å². The van der Waals surface area contributed by atoms with E-state index < -0.39 is 17.9 Å². The molecule has 0 spiro atoms. The Balaban J connectivity index is 1.63. The molecule has 2 aliphatic rings. The molecule has 0 bridgehead atoms. The lowest BCUT2D eigenvalue weighted by molar-refractivity contribution is -0.138. The Kier molecular flexibility index (Phi) is 6.14. The summed E-state index contributed by atoms with van der Waals surface area (Å²) in [5.41, 5.74) is 0.760. The monoisotopic (exact) mass is 372 g/mol. The van der Waals surface area contributed by atoms with E-state index in [1.807, 2.05) is 35.2 Å². The highest BCUT2D eigenvalue weighted by Crippen LogP contribution is 2.31. The normalized spacial score (nSPS) is 26.6. The molecule has 1 saturated heterocycles. The van der Waals surface area contributed by atoms with Gasteiger partial charge in [-0.2, -0.15) is 0 Å². The minimum atomic E-state index is -0.968. The molecule has 2 fully saturated rings. The van der Waals surface area contributed by atoms with Gasteiger partial charge in [-0.1, -0.05) is 37.3 Å². The van der Waals surface area contributed by atoms with E-state index in [4.69, 9.17) is 0 Å². The lowest BCUT2D eigenvalue weighted by atomic mass is 9.86. The number of carbonyl (C=O) groups excluding carboxylic acids is 2. The first-order valence-corrected chi connectivity index (χ1v) is 9.80. The highest BCUT2D eigenvalue weighted by atomic mass is 16.4. The number of aliphatic carboxylic acids is 1. The SMILES string of the molecule is CC1CCC(N2CC(C(=O)NC(CC(=O)O)c3ccccc3)CC2=O)CC1. The second-order valence-corrected chi connectivity index (χ2v) is 7.93. The van der Waals surface area contributed by atoms with Crippen molar-refractivity contribution < 1.29 is 19.5 Å². The van der Waals surface area contributed by atoms with Crippen molar-refractivity contribution in [2.75, 3.05) is 6.54 Å². The fourth-order valence-corrected chi connectivity index (χ4v) is 4.22. The smallest absolute Gasteiger partial charge is 0.305 e. The number of carboxylic acid groups (broad SMARTS) is 1. The Hall–Kier alpha value is -2.37. The maximum atomic E-state index is 12.8. The third-order valence-electron chi connectivity index (χ3n) is 5.85. The lowest BCUT2D eigenvalue weighted by Crippen LogP contribution is -2.40. The summed E-state index contributed by atoms with van der Waals surface area (Å²) in [5, 5.41) is 12.0. The Bertz CT molecular complexity index is 683. The summed E-state index contributed by atoms with van der Waals surface area (Å²) in [5.74, 6) is -0.850. The maximum Gasteiger partial charge on any atom is 0.305 e. The molecule has 2 unspecified atom stereocenters. The van der Waals surface area contributed by atoms with Crippen molar-refractivity contribution in [1.82, 2.24) is 10.2 Å². The molecule has 2 atom stereocenters. The summed E-state index contributed by atoms with van der Waals surface area (Å²) in [7, 11) is 0. The third kappa shape index (κ3) is 4.87. The van der Waals surface area contributed by atoms with Gasteiger partial charge in [0.1, 0.15) is 0 Å². The zero-order chi connectivity index (χ0) is 19.4. The molecule has 1 aliphatic carbocycles. The highest BCUT2D eigenvalue weighted by Gasteiger charge is 2.39. The molecule has 1 aromatic rings. The van der Waals surface area contributed by atoms with Crippen molar-refractivity contribution in [1.29, 1.82) is 0 Å². The lowest BCUT2D eigenvalue weighted by Gasteiger charge is -2.33. The van der Waals surface area contributed by atoms with E-state index in [0.29, 0.717) is 12.5 Å². The van der Waals surface area contributed by atoms with Crippen LogP contribution in [-0.2, 0) is 14.4 Å². The third-order valence-corrected chi connectivity index (χ3v) is 5.85. The van der Waals surface area contributed by atoms with Gasteiger partial charge in [-0.05, 0) is 37.2 Å². The highest BCUT2D eigenvalue weighted by molar-refractivity contribution is 5.89. The van der Waals surface area contributed by atoms with Crippen LogP contribution in [0.15, 0.2) is 30.3 Å². The largest absolute Gasteiger partial charge is 0.481 e. The maximum absolute atomic E-state index is 12.8. The summed E-state index contributed by atoms with van der Waals surface area (Å²) in [4.78, 5) is 38.3. The Morgan fingerprint density at radius 1 is 1.19 bits per heavy atom. The molecule has 1 aliphatic heterocycles. The van der Waals surface area contributed by atoms with Crippen LogP contribution in [0.4, 0.5) is 0 Å². The van der Waals surface area contributed by atoms with E-state index in [0.717, 1.165) is 31.2 Å². The molecule has 1 heterocycles. The first-order chi connectivity index (χ1) is 12.9. The van der Waals surface area contributed by atoms with E-state index in [2.05, 4.69) is 12.2 Å². The van der Waals surface area contributed by atoms with Crippen molar-refractivity contribution in [2.45, 2.75) is 57.5 Å². The Morgan fingerprint density at radius 2 is 1.85 bits per heavy atom. The van der Waals surface area contributed by atoms with Gasteiger partial charge in [-0.3, -0.25) is 14.4 Å². The number of amides is 2. The average Bonchev–Trinajstić information content (AvgIpc) is 3.04. The van der Waals surface area contributed by atoms with Gasteiger partial charge < -0.3 is 15.3 Å². The predicted molar refractivity (Wildman–Crippen MR) is 101 cm³/mol. The molecule has 27 heavy (non-hydrogen) atoms. The van der Waals surface area contributed by atoms with Gasteiger partial charge in [-0.15, -0.1) is 0 Å². The molecule has 6 nitrogen and oxygen atoms in total. The molecule has 3 rings (SSSR count). The van der Waals surface area contributed by atoms with Gasteiger partial charge in [0.05, 0.1) is 18.4 Å². The molecule has 6 heteroatoms. The minimum absolute atomic E-state index is 0.0456. The van der Waals surface area contributed by atoms with Gasteiger partial charge in [0.25, 0.3) is 0 Å². The Morgan fingerprint density at radius 3 is 2.48 bits per heavy atom. The topological polar surface area (TPSA) is 86.7 Å². The average molecular weight is 372 g/mol. The van der Waals surface area contributed by atoms with Gasteiger partial charge in [0.15, 0.2) is 0 Å². The van der Waals surface area contributed by atoms with Gasteiger partial charge in [0.2, 0.25) is 11.8 Å². The number of nitrogens with zero attached hydrogens (tertiary/aromatic N) is 1. The van der Waals surface area contributed by atoms with Crippen LogP contribution >= 0.6 is 0 Å². The summed E-state index contributed by atoms with van der Waals surface area (Å²) >= 11 is 0. The number of hydrogen-bond acceptors (Lipinski definition) is 3. The number of benzene rings is 1. The number of hydrogen-bond donors (Lipinski definition) is 2. The van der Waals surface area contributed by atoms with Crippen LogP contribution < -0.4 is 5.32 Å². The van der Waals surface area contributed by atoms with Crippen LogP contribution in [0.5, 0.6) is 0 Å². The summed E-state index contributed by atoms with van der Waals surface area (Å²) < 4.78 is 0. The number of carbonyl (C=O) groups is 3. The minimum Gasteiger partial charge on any atom is -0.481 e. The predicted octanol–water partition coefficient (Wildman–Crippen LogP) is 2.75. The molecule has 0 radical (unpaired) electrons. The Labute approximate surface area is 159 Å². The van der Waals surface area contributed by atoms with E-state index in [1.165, 1.54) is 0 Å². The fraction of sp³-hybridized carbons (Fsp3) is 0.571. The number of nitrogens with one attached hydrogen (secondary N) is 1. The van der Waals surface area contributed by atoms with Crippen molar-refractivity contribution in [3.05, 3.63) is 35.9 Å². The van der Waals surface area contributed by atoms with E-state index >= 15 is 0 Å². The molecular formula is C21H28N2O4. The standard InChI is InChI=1S/C21H28N2O4/c1-14-7-9-17(10-8-14)23-13-16(11-19(23)24)21(27)22-18(12-20(25)26)15-5-3-2-4-6-15/h2-6,14,16-18H,7-13H2,1H3,(H,22,27)(H,25,26). The molecular weight excluding hydrogens is 344 g/mol. The first kappa shape index (κ1) is 19.4. The summed E-state index contributed by atoms with van der Waals surface area (Å²) in [6.07, 6.45) is 4.30. The van der Waals surface area contributed by atoms with Crippen molar-refractivity contribution in [2.24, 2.45) is 11.8 Å². The quantitative estimate of drug-likeness (QED) is 0.804. The van der Waals surface area contributed by atoms with Crippen molar-refractivity contribution in [3.8, 4) is 0 Å². The van der Waals surface area contributed by atoms with Gasteiger partial charge >= 0.3 is 5.97 Å². The molecule has 1 aromatic carbocycles. The van der Waals surface area contributed by atoms with Crippen molar-refractivity contribution in [3.63, 3.8) is 0 Å². The molecule has 2 N–H and O–H groups in total. The summed E-state index contributed by atoms with van der Waals surface area (Å²) in [6.45, 7) is 2.68. The molecule has 1 saturated carbocycles. The zero-order valence-corrected chi connectivity index (χ0v) is 15.8. The van der Waals surface area contributed by atoms with E-state index in [-0.39, 0.29) is 30.7 Å². The van der Waals surface area contributed by atoms with Gasteiger partial charge in [0, 0.05) is 19.0 Å². The second-order valence-electron chi connectivity index (χ2n) is 7.93. The molecule has 0 aromatic heterocycles. The van der Waals surface area contributed by atoms with E-state index in [1.54, 1.807) is 0 Å². The van der Waals surface area contributed by atoms with Crippen LogP contribution in [0.25, 0.3) is 0 Å². The fourth-order valence-electron chi connectivity index (χ4n) is 4.22. The van der Waals surface area contributed by atoms with Crippen LogP contribution in [0, 0.1) is 11.8 Å². The molecule has 2 amide bonds. The number of carboxylic acids is 1. The van der Waals surface area contributed by atoms with Crippen LogP contribution in [-0.4, -0.2) is 40.4 Å². The van der Waals surface area contributed by atoms with Crippen LogP contribution in [0.3, 0.4) is 0 Å². The number of rotatable bonds is 6. The van der Waals surface area contributed by atoms with Crippen molar-refractivity contribution >= 4 is 17.8 Å². The molecule has 146 valence electrons. The summed E-state index contributed by atoms with van der Waals surface area (Å²) in [6, 6.07) is 8.77.